The van der Waals surface area contributed by atoms with Crippen LogP contribution in [0, 0.1) is 5.41 Å². The van der Waals surface area contributed by atoms with Crippen LogP contribution in [-0.4, -0.2) is 0 Å². The Morgan fingerprint density at radius 2 is 1.48 bits per heavy atom. The molecule has 0 aromatic heterocycles. The molecular formula is C19H25NO. The Hall–Kier alpha value is -1.64. The SMILES string of the molecule is CC(C)(C)CC(NOCc1ccccc1)c1ccccc1. The summed E-state index contributed by atoms with van der Waals surface area (Å²) in [5, 5.41) is 0. The van der Waals surface area contributed by atoms with Crippen molar-refractivity contribution in [1.82, 2.24) is 5.48 Å². The average Bonchev–Trinajstić information content (AvgIpc) is 2.47. The molecule has 0 aliphatic heterocycles. The molecular weight excluding hydrogens is 258 g/mol. The van der Waals surface area contributed by atoms with E-state index in [1.807, 2.05) is 24.3 Å². The summed E-state index contributed by atoms with van der Waals surface area (Å²) < 4.78 is 0. The Kier molecular flexibility index (Phi) is 5.54. The lowest BCUT2D eigenvalue weighted by Gasteiger charge is -2.27. The third kappa shape index (κ3) is 5.70. The molecule has 0 fully saturated rings. The van der Waals surface area contributed by atoms with E-state index in [1.165, 1.54) is 11.1 Å². The van der Waals surface area contributed by atoms with Crippen LogP contribution in [0.15, 0.2) is 60.7 Å². The van der Waals surface area contributed by atoms with E-state index < -0.39 is 0 Å². The van der Waals surface area contributed by atoms with Crippen molar-refractivity contribution in [3.05, 3.63) is 71.8 Å². The molecule has 1 unspecified atom stereocenters. The van der Waals surface area contributed by atoms with Crippen LogP contribution in [0.5, 0.6) is 0 Å². The van der Waals surface area contributed by atoms with Gasteiger partial charge in [-0.2, -0.15) is 5.48 Å². The zero-order chi connectivity index (χ0) is 15.1. The van der Waals surface area contributed by atoms with Gasteiger partial charge >= 0.3 is 0 Å². The van der Waals surface area contributed by atoms with Gasteiger partial charge in [-0.05, 0) is 23.0 Å². The van der Waals surface area contributed by atoms with Crippen LogP contribution in [0.1, 0.15) is 44.4 Å². The first-order valence-electron chi connectivity index (χ1n) is 7.51. The molecule has 0 amide bonds. The van der Waals surface area contributed by atoms with Crippen LogP contribution in [0.25, 0.3) is 0 Å². The predicted molar refractivity (Wildman–Crippen MR) is 87.6 cm³/mol. The van der Waals surface area contributed by atoms with Gasteiger partial charge in [-0.15, -0.1) is 0 Å². The van der Waals surface area contributed by atoms with Crippen molar-refractivity contribution >= 4 is 0 Å². The van der Waals surface area contributed by atoms with Gasteiger partial charge in [0.15, 0.2) is 0 Å². The lowest BCUT2D eigenvalue weighted by molar-refractivity contribution is -0.00608. The maximum atomic E-state index is 5.73. The van der Waals surface area contributed by atoms with E-state index in [2.05, 4.69) is 62.6 Å². The van der Waals surface area contributed by atoms with Crippen LogP contribution in [0.3, 0.4) is 0 Å². The van der Waals surface area contributed by atoms with E-state index >= 15 is 0 Å². The van der Waals surface area contributed by atoms with Gasteiger partial charge in [0.05, 0.1) is 12.6 Å². The average molecular weight is 283 g/mol. The number of rotatable bonds is 6. The lowest BCUT2D eigenvalue weighted by atomic mass is 9.86. The summed E-state index contributed by atoms with van der Waals surface area (Å²) in [7, 11) is 0. The standard InChI is InChI=1S/C19H25NO/c1-19(2,3)14-18(17-12-8-5-9-13-17)20-21-15-16-10-6-4-7-11-16/h4-13,18,20H,14-15H2,1-3H3. The highest BCUT2D eigenvalue weighted by Gasteiger charge is 2.20. The van der Waals surface area contributed by atoms with Crippen molar-refractivity contribution in [3.8, 4) is 0 Å². The first kappa shape index (κ1) is 15.7. The third-order valence-corrected chi connectivity index (χ3v) is 3.33. The predicted octanol–water partition coefficient (Wildman–Crippen LogP) is 4.89. The van der Waals surface area contributed by atoms with Crippen LogP contribution >= 0.6 is 0 Å². The van der Waals surface area contributed by atoms with E-state index in [9.17, 15) is 0 Å². The lowest BCUT2D eigenvalue weighted by Crippen LogP contribution is -2.26. The molecule has 2 rings (SSSR count). The zero-order valence-corrected chi connectivity index (χ0v) is 13.2. The van der Waals surface area contributed by atoms with E-state index in [-0.39, 0.29) is 11.5 Å². The normalized spacial score (nSPS) is 13.1. The summed E-state index contributed by atoms with van der Waals surface area (Å²) >= 11 is 0. The molecule has 0 radical (unpaired) electrons. The third-order valence-electron chi connectivity index (χ3n) is 3.33. The molecule has 21 heavy (non-hydrogen) atoms. The van der Waals surface area contributed by atoms with Gasteiger partial charge in [0.2, 0.25) is 0 Å². The topological polar surface area (TPSA) is 21.3 Å². The van der Waals surface area contributed by atoms with Crippen LogP contribution in [-0.2, 0) is 11.4 Å². The molecule has 0 saturated carbocycles. The van der Waals surface area contributed by atoms with Crippen molar-refractivity contribution in [1.29, 1.82) is 0 Å². The number of hydrogen-bond donors (Lipinski definition) is 1. The Morgan fingerprint density at radius 1 is 0.905 bits per heavy atom. The molecule has 0 aliphatic carbocycles. The van der Waals surface area contributed by atoms with E-state index in [0.29, 0.717) is 6.61 Å². The summed E-state index contributed by atoms with van der Waals surface area (Å²) in [5.74, 6) is 0. The zero-order valence-electron chi connectivity index (χ0n) is 13.2. The molecule has 0 bridgehead atoms. The van der Waals surface area contributed by atoms with Gasteiger partial charge in [0.25, 0.3) is 0 Å². The van der Waals surface area contributed by atoms with Gasteiger partial charge in [-0.25, -0.2) is 0 Å². The van der Waals surface area contributed by atoms with Crippen molar-refractivity contribution < 1.29 is 4.84 Å². The van der Waals surface area contributed by atoms with E-state index in [4.69, 9.17) is 4.84 Å². The maximum Gasteiger partial charge on any atom is 0.0933 e. The Balaban J connectivity index is 1.96. The molecule has 2 aromatic rings. The fourth-order valence-electron chi connectivity index (χ4n) is 2.33. The number of benzene rings is 2. The van der Waals surface area contributed by atoms with Crippen molar-refractivity contribution in [2.75, 3.05) is 0 Å². The van der Waals surface area contributed by atoms with Crippen molar-refractivity contribution in [3.63, 3.8) is 0 Å². The monoisotopic (exact) mass is 283 g/mol. The molecule has 0 saturated heterocycles. The van der Waals surface area contributed by atoms with Gasteiger partial charge < -0.3 is 0 Å². The van der Waals surface area contributed by atoms with Gasteiger partial charge in [-0.3, -0.25) is 4.84 Å². The van der Waals surface area contributed by atoms with Gasteiger partial charge in [0.1, 0.15) is 0 Å². The van der Waals surface area contributed by atoms with Crippen molar-refractivity contribution in [2.24, 2.45) is 5.41 Å². The van der Waals surface area contributed by atoms with Crippen LogP contribution in [0.4, 0.5) is 0 Å². The molecule has 0 aliphatic rings. The molecule has 2 heteroatoms. The van der Waals surface area contributed by atoms with Crippen LogP contribution in [0.2, 0.25) is 0 Å². The Labute approximate surface area is 128 Å². The van der Waals surface area contributed by atoms with Gasteiger partial charge in [-0.1, -0.05) is 81.4 Å². The minimum Gasteiger partial charge on any atom is -0.296 e. The second-order valence-electron chi connectivity index (χ2n) is 6.62. The maximum absolute atomic E-state index is 5.73. The first-order valence-corrected chi connectivity index (χ1v) is 7.51. The summed E-state index contributed by atoms with van der Waals surface area (Å²) in [4.78, 5) is 5.73. The van der Waals surface area contributed by atoms with Crippen LogP contribution < -0.4 is 5.48 Å². The molecule has 1 atom stereocenters. The summed E-state index contributed by atoms with van der Waals surface area (Å²) in [5.41, 5.74) is 5.92. The Bertz CT molecular complexity index is 516. The smallest absolute Gasteiger partial charge is 0.0933 e. The largest absolute Gasteiger partial charge is 0.296 e. The highest BCUT2D eigenvalue weighted by molar-refractivity contribution is 5.19. The quantitative estimate of drug-likeness (QED) is 0.762. The van der Waals surface area contributed by atoms with Crippen molar-refractivity contribution in [2.45, 2.75) is 39.8 Å². The molecule has 0 heterocycles. The number of hydrogen-bond acceptors (Lipinski definition) is 2. The van der Waals surface area contributed by atoms with E-state index in [1.54, 1.807) is 0 Å². The Morgan fingerprint density at radius 3 is 2.05 bits per heavy atom. The molecule has 2 aromatic carbocycles. The second-order valence-corrected chi connectivity index (χ2v) is 6.62. The highest BCUT2D eigenvalue weighted by atomic mass is 16.6. The molecule has 2 nitrogen and oxygen atoms in total. The highest BCUT2D eigenvalue weighted by Crippen LogP contribution is 2.29. The molecule has 1 N–H and O–H groups in total. The fraction of sp³-hybridized carbons (Fsp3) is 0.368. The minimum atomic E-state index is 0.204. The number of hydroxylamine groups is 1. The summed E-state index contributed by atoms with van der Waals surface area (Å²) in [6.07, 6.45) is 1.02. The van der Waals surface area contributed by atoms with E-state index in [0.717, 1.165) is 6.42 Å². The fourth-order valence-corrected chi connectivity index (χ4v) is 2.33. The molecule has 112 valence electrons. The van der Waals surface area contributed by atoms with Gasteiger partial charge in [0, 0.05) is 0 Å². The second kappa shape index (κ2) is 7.39. The summed E-state index contributed by atoms with van der Waals surface area (Å²) in [6, 6.07) is 20.9. The minimum absolute atomic E-state index is 0.204. The number of nitrogens with one attached hydrogen (secondary N) is 1. The molecule has 0 spiro atoms. The summed E-state index contributed by atoms with van der Waals surface area (Å²) in [6.45, 7) is 7.33. The first-order chi connectivity index (χ1) is 10.0.